The molecule has 0 unspecified atom stereocenters. The highest BCUT2D eigenvalue weighted by Crippen LogP contribution is 2.22. The van der Waals surface area contributed by atoms with Gasteiger partial charge in [-0.1, -0.05) is 18.2 Å². The van der Waals surface area contributed by atoms with Crippen LogP contribution in [0.15, 0.2) is 64.9 Å². The first-order chi connectivity index (χ1) is 15.4. The lowest BCUT2D eigenvalue weighted by Crippen LogP contribution is -2.48. The Morgan fingerprint density at radius 2 is 1.72 bits per heavy atom. The number of carbonyl (C=O) groups is 1. The van der Waals surface area contributed by atoms with Gasteiger partial charge >= 0.3 is 0 Å². The zero-order valence-corrected chi connectivity index (χ0v) is 18.9. The molecule has 1 fully saturated rings. The minimum Gasteiger partial charge on any atom is -0.368 e. The van der Waals surface area contributed by atoms with Crippen molar-refractivity contribution >= 4 is 38.1 Å². The van der Waals surface area contributed by atoms with Crippen LogP contribution in [-0.2, 0) is 21.2 Å². The Hall–Kier alpha value is -2.98. The summed E-state index contributed by atoms with van der Waals surface area (Å²) in [6.45, 7) is 2.94. The summed E-state index contributed by atoms with van der Waals surface area (Å²) >= 11 is 1.15. The number of nitrogens with zero attached hydrogens (tertiary/aromatic N) is 3. The van der Waals surface area contributed by atoms with Gasteiger partial charge < -0.3 is 9.80 Å². The van der Waals surface area contributed by atoms with Crippen LogP contribution in [0.1, 0.15) is 12.1 Å². The van der Waals surface area contributed by atoms with Crippen LogP contribution in [0, 0.1) is 5.82 Å². The normalized spacial score (nSPS) is 14.4. The number of benzene rings is 2. The lowest BCUT2D eigenvalue weighted by atomic mass is 10.2. The summed E-state index contributed by atoms with van der Waals surface area (Å²) < 4.78 is 40.2. The van der Waals surface area contributed by atoms with Crippen molar-refractivity contribution in [2.24, 2.45) is 0 Å². The molecule has 3 aromatic rings. The maximum Gasteiger partial charge on any atom is 0.263 e. The summed E-state index contributed by atoms with van der Waals surface area (Å²) in [5.74, 6) is -0.439. The molecule has 0 spiro atoms. The first-order valence-corrected chi connectivity index (χ1v) is 12.6. The second-order valence-electron chi connectivity index (χ2n) is 7.41. The van der Waals surface area contributed by atoms with Crippen LogP contribution >= 0.6 is 11.3 Å². The highest BCUT2D eigenvalue weighted by molar-refractivity contribution is 7.93. The van der Waals surface area contributed by atoms with Gasteiger partial charge in [0.15, 0.2) is 5.13 Å². The van der Waals surface area contributed by atoms with Gasteiger partial charge in [0.25, 0.3) is 10.0 Å². The molecule has 1 N–H and O–H groups in total. The largest absolute Gasteiger partial charge is 0.368 e. The van der Waals surface area contributed by atoms with Crippen molar-refractivity contribution in [3.8, 4) is 0 Å². The van der Waals surface area contributed by atoms with Gasteiger partial charge in [-0.3, -0.25) is 9.52 Å². The number of carbonyl (C=O) groups excluding carboxylic acids is 1. The number of anilines is 2. The molecule has 0 atom stereocenters. The maximum absolute atomic E-state index is 13.0. The summed E-state index contributed by atoms with van der Waals surface area (Å²) in [7, 11) is -3.84. The van der Waals surface area contributed by atoms with Crippen LogP contribution in [0.2, 0.25) is 0 Å². The number of aromatic nitrogens is 1. The van der Waals surface area contributed by atoms with Crippen molar-refractivity contribution in [1.29, 1.82) is 0 Å². The van der Waals surface area contributed by atoms with E-state index < -0.39 is 15.8 Å². The highest BCUT2D eigenvalue weighted by Gasteiger charge is 2.21. The van der Waals surface area contributed by atoms with Crippen LogP contribution < -0.4 is 9.62 Å². The number of hydrogen-bond donors (Lipinski definition) is 1. The van der Waals surface area contributed by atoms with Crippen molar-refractivity contribution in [2.45, 2.75) is 17.7 Å². The third kappa shape index (κ3) is 5.43. The lowest BCUT2D eigenvalue weighted by Gasteiger charge is -2.36. The number of para-hydroxylation sites is 1. The number of sulfonamides is 1. The van der Waals surface area contributed by atoms with E-state index in [2.05, 4.69) is 26.7 Å². The molecule has 2 heterocycles. The number of rotatable bonds is 7. The number of aryl methyl sites for hydroxylation is 1. The van der Waals surface area contributed by atoms with Crippen molar-refractivity contribution in [2.75, 3.05) is 35.8 Å². The van der Waals surface area contributed by atoms with Crippen molar-refractivity contribution < 1.29 is 17.6 Å². The zero-order valence-electron chi connectivity index (χ0n) is 17.3. The maximum atomic E-state index is 13.0. The molecular formula is C22H23FN4O3S2. The molecule has 1 amide bonds. The van der Waals surface area contributed by atoms with Gasteiger partial charge in [-0.25, -0.2) is 17.8 Å². The molecular weight excluding hydrogens is 451 g/mol. The van der Waals surface area contributed by atoms with Gasteiger partial charge in [0.1, 0.15) is 5.82 Å². The number of hydrogen-bond acceptors (Lipinski definition) is 6. The van der Waals surface area contributed by atoms with Crippen molar-refractivity contribution in [3.05, 3.63) is 71.5 Å². The standard InChI is InChI=1S/C22H23FN4O3S2/c23-17-6-9-20(10-7-17)32(29,30)25-22-24-18(16-31-22)8-11-21(28)27-14-12-26(13-15-27)19-4-2-1-3-5-19/h1-7,9-10,16H,8,11-15H2,(H,24,25). The van der Waals surface area contributed by atoms with E-state index in [9.17, 15) is 17.6 Å². The average Bonchev–Trinajstić information content (AvgIpc) is 3.25. The Kier molecular flexibility index (Phi) is 6.71. The molecule has 2 aromatic carbocycles. The molecule has 7 nitrogen and oxygen atoms in total. The molecule has 0 radical (unpaired) electrons. The molecule has 0 bridgehead atoms. The SMILES string of the molecule is O=C(CCc1csc(NS(=O)(=O)c2ccc(F)cc2)n1)N1CCN(c2ccccc2)CC1. The first-order valence-electron chi connectivity index (χ1n) is 10.2. The summed E-state index contributed by atoms with van der Waals surface area (Å²) in [4.78, 5) is 21.0. The molecule has 0 saturated carbocycles. The van der Waals surface area contributed by atoms with Gasteiger partial charge in [-0.05, 0) is 42.8 Å². The summed E-state index contributed by atoms with van der Waals surface area (Å²) in [5, 5.41) is 1.96. The fourth-order valence-corrected chi connectivity index (χ4v) is 5.50. The molecule has 1 saturated heterocycles. The minimum absolute atomic E-state index is 0.0412. The predicted molar refractivity (Wildman–Crippen MR) is 123 cm³/mol. The third-order valence-electron chi connectivity index (χ3n) is 5.25. The molecule has 0 aliphatic carbocycles. The van der Waals surface area contributed by atoms with E-state index in [0.29, 0.717) is 31.6 Å². The monoisotopic (exact) mass is 474 g/mol. The number of amides is 1. The third-order valence-corrected chi connectivity index (χ3v) is 7.54. The van der Waals surface area contributed by atoms with E-state index in [1.54, 1.807) is 5.38 Å². The zero-order chi connectivity index (χ0) is 22.6. The first kappa shape index (κ1) is 22.2. The summed E-state index contributed by atoms with van der Waals surface area (Å²) in [6, 6.07) is 14.7. The highest BCUT2D eigenvalue weighted by atomic mass is 32.2. The van der Waals surface area contributed by atoms with Gasteiger partial charge in [0, 0.05) is 43.7 Å². The van der Waals surface area contributed by atoms with E-state index in [1.165, 1.54) is 12.1 Å². The number of nitrogens with one attached hydrogen (secondary N) is 1. The number of halogens is 1. The van der Waals surface area contributed by atoms with Gasteiger partial charge in [-0.15, -0.1) is 11.3 Å². The molecule has 1 aromatic heterocycles. The molecule has 10 heteroatoms. The Morgan fingerprint density at radius 3 is 2.41 bits per heavy atom. The summed E-state index contributed by atoms with van der Waals surface area (Å²) in [5.41, 5.74) is 1.82. The van der Waals surface area contributed by atoms with Crippen molar-refractivity contribution in [1.82, 2.24) is 9.88 Å². The van der Waals surface area contributed by atoms with E-state index in [1.807, 2.05) is 23.1 Å². The van der Waals surface area contributed by atoms with Crippen LogP contribution in [0.5, 0.6) is 0 Å². The molecule has 1 aliphatic heterocycles. The van der Waals surface area contributed by atoms with Crippen LogP contribution in [0.3, 0.4) is 0 Å². The minimum atomic E-state index is -3.84. The topological polar surface area (TPSA) is 82.6 Å². The predicted octanol–water partition coefficient (Wildman–Crippen LogP) is 3.36. The van der Waals surface area contributed by atoms with Gasteiger partial charge in [-0.2, -0.15) is 0 Å². The Morgan fingerprint density at radius 1 is 1.03 bits per heavy atom. The summed E-state index contributed by atoms with van der Waals surface area (Å²) in [6.07, 6.45) is 0.756. The van der Waals surface area contributed by atoms with Crippen LogP contribution in [-0.4, -0.2) is 50.4 Å². The quantitative estimate of drug-likeness (QED) is 0.568. The fraction of sp³-hybridized carbons (Fsp3) is 0.273. The second-order valence-corrected chi connectivity index (χ2v) is 9.95. The Bertz CT molecular complexity index is 1160. The molecule has 32 heavy (non-hydrogen) atoms. The van der Waals surface area contributed by atoms with Gasteiger partial charge in [0.05, 0.1) is 10.6 Å². The Labute approximate surface area is 190 Å². The lowest BCUT2D eigenvalue weighted by molar-refractivity contribution is -0.131. The fourth-order valence-electron chi connectivity index (χ4n) is 3.50. The van der Waals surface area contributed by atoms with Crippen LogP contribution in [0.25, 0.3) is 0 Å². The van der Waals surface area contributed by atoms with E-state index in [-0.39, 0.29) is 15.9 Å². The van der Waals surface area contributed by atoms with Crippen LogP contribution in [0.4, 0.5) is 15.2 Å². The number of thiazole rings is 1. The average molecular weight is 475 g/mol. The van der Waals surface area contributed by atoms with Gasteiger partial charge in [0.2, 0.25) is 5.91 Å². The molecule has 168 valence electrons. The number of piperazine rings is 1. The molecule has 4 rings (SSSR count). The van der Waals surface area contributed by atoms with E-state index >= 15 is 0 Å². The smallest absolute Gasteiger partial charge is 0.263 e. The van der Waals surface area contributed by atoms with Crippen molar-refractivity contribution in [3.63, 3.8) is 0 Å². The Balaban J connectivity index is 1.27. The molecule has 1 aliphatic rings. The second kappa shape index (κ2) is 9.66. The van der Waals surface area contributed by atoms with E-state index in [4.69, 9.17) is 0 Å². The van der Waals surface area contributed by atoms with E-state index in [0.717, 1.165) is 42.2 Å².